The van der Waals surface area contributed by atoms with Crippen molar-refractivity contribution in [3.05, 3.63) is 63.7 Å². The van der Waals surface area contributed by atoms with Crippen molar-refractivity contribution in [2.75, 3.05) is 20.3 Å². The highest BCUT2D eigenvalue weighted by molar-refractivity contribution is 5.94. The Morgan fingerprint density at radius 1 is 1.21 bits per heavy atom. The Morgan fingerprint density at radius 2 is 1.92 bits per heavy atom. The summed E-state index contributed by atoms with van der Waals surface area (Å²) in [6.07, 6.45) is 0. The van der Waals surface area contributed by atoms with Gasteiger partial charge in [0.1, 0.15) is 6.61 Å². The summed E-state index contributed by atoms with van der Waals surface area (Å²) in [6, 6.07) is 11.6. The van der Waals surface area contributed by atoms with Crippen molar-refractivity contribution in [2.45, 2.75) is 6.92 Å². The maximum atomic E-state index is 12.1. The normalized spacial score (nSPS) is 10.1. The van der Waals surface area contributed by atoms with Gasteiger partial charge in [-0.15, -0.1) is 0 Å². The summed E-state index contributed by atoms with van der Waals surface area (Å²) in [4.78, 5) is 22.5. The third kappa shape index (κ3) is 4.22. The minimum Gasteiger partial charge on any atom is -0.493 e. The van der Waals surface area contributed by atoms with Crippen molar-refractivity contribution in [1.82, 2.24) is 5.32 Å². The molecule has 1 N–H and O–H groups in total. The van der Waals surface area contributed by atoms with Gasteiger partial charge in [0.15, 0.2) is 11.5 Å². The number of nitrogens with one attached hydrogen (secondary N) is 1. The first-order valence-corrected chi connectivity index (χ1v) is 7.32. The van der Waals surface area contributed by atoms with Gasteiger partial charge in [-0.05, 0) is 25.1 Å². The third-order valence-electron chi connectivity index (χ3n) is 3.38. The van der Waals surface area contributed by atoms with Crippen molar-refractivity contribution in [1.29, 1.82) is 0 Å². The van der Waals surface area contributed by atoms with Crippen LogP contribution in [0.25, 0.3) is 0 Å². The minimum absolute atomic E-state index is 0.0760. The summed E-state index contributed by atoms with van der Waals surface area (Å²) in [7, 11) is 1.55. The number of amides is 1. The molecule has 24 heavy (non-hydrogen) atoms. The van der Waals surface area contributed by atoms with Crippen LogP contribution in [0.3, 0.4) is 0 Å². The molecule has 2 rings (SSSR count). The third-order valence-corrected chi connectivity index (χ3v) is 3.38. The van der Waals surface area contributed by atoms with E-state index in [1.807, 2.05) is 12.1 Å². The van der Waals surface area contributed by atoms with Crippen molar-refractivity contribution in [2.24, 2.45) is 0 Å². The van der Waals surface area contributed by atoms with E-state index in [0.29, 0.717) is 17.1 Å². The molecule has 0 bridgehead atoms. The van der Waals surface area contributed by atoms with Crippen LogP contribution in [0.4, 0.5) is 5.69 Å². The fourth-order valence-electron chi connectivity index (χ4n) is 2.11. The van der Waals surface area contributed by atoms with E-state index in [1.165, 1.54) is 6.07 Å². The van der Waals surface area contributed by atoms with E-state index in [9.17, 15) is 14.9 Å². The number of carbonyl (C=O) groups is 1. The molecular formula is C17H18N2O5. The Balaban J connectivity index is 1.90. The van der Waals surface area contributed by atoms with Crippen LogP contribution in [0, 0.1) is 17.0 Å². The number of carbonyl (C=O) groups excluding carboxylic acids is 1. The second-order valence-corrected chi connectivity index (χ2v) is 5.01. The van der Waals surface area contributed by atoms with E-state index in [1.54, 1.807) is 38.3 Å². The van der Waals surface area contributed by atoms with Gasteiger partial charge < -0.3 is 14.8 Å². The largest absolute Gasteiger partial charge is 0.493 e. The summed E-state index contributed by atoms with van der Waals surface area (Å²) in [5.74, 6) is 0.805. The van der Waals surface area contributed by atoms with E-state index in [2.05, 4.69) is 5.32 Å². The molecular weight excluding hydrogens is 312 g/mol. The topological polar surface area (TPSA) is 90.7 Å². The number of hydrogen-bond acceptors (Lipinski definition) is 5. The van der Waals surface area contributed by atoms with E-state index in [0.717, 1.165) is 0 Å². The first-order chi connectivity index (χ1) is 11.5. The highest BCUT2D eigenvalue weighted by Gasteiger charge is 2.14. The van der Waals surface area contributed by atoms with Crippen LogP contribution in [0.2, 0.25) is 0 Å². The van der Waals surface area contributed by atoms with Gasteiger partial charge in [-0.25, -0.2) is 0 Å². The van der Waals surface area contributed by atoms with Crippen molar-refractivity contribution < 1.29 is 19.2 Å². The van der Waals surface area contributed by atoms with Crippen LogP contribution < -0.4 is 14.8 Å². The van der Waals surface area contributed by atoms with Crippen molar-refractivity contribution in [3.8, 4) is 11.5 Å². The Kier molecular flexibility index (Phi) is 5.73. The molecule has 1 amide bonds. The van der Waals surface area contributed by atoms with Crippen LogP contribution in [0.1, 0.15) is 15.9 Å². The number of hydrogen-bond donors (Lipinski definition) is 1. The van der Waals surface area contributed by atoms with E-state index in [4.69, 9.17) is 9.47 Å². The number of nitro groups is 1. The summed E-state index contributed by atoms with van der Waals surface area (Å²) in [5, 5.41) is 13.6. The van der Waals surface area contributed by atoms with Crippen LogP contribution in [-0.4, -0.2) is 31.1 Å². The van der Waals surface area contributed by atoms with Gasteiger partial charge in [0.05, 0.1) is 18.6 Å². The Hall–Kier alpha value is -3.09. The Morgan fingerprint density at radius 3 is 2.58 bits per heavy atom. The number of para-hydroxylation sites is 2. The standard InChI is InChI=1S/C17H18N2O5/c1-12-7-8-13(11-14(12)19(21)22)17(20)18-9-10-24-16-6-4-3-5-15(16)23-2/h3-8,11H,9-10H2,1-2H3,(H,18,20). The van der Waals surface area contributed by atoms with Crippen LogP contribution in [-0.2, 0) is 0 Å². The molecule has 0 aliphatic rings. The SMILES string of the molecule is COc1ccccc1OCCNC(=O)c1ccc(C)c([N+](=O)[O-])c1. The number of ether oxygens (including phenoxy) is 2. The lowest BCUT2D eigenvalue weighted by molar-refractivity contribution is -0.385. The van der Waals surface area contributed by atoms with Crippen LogP contribution in [0.5, 0.6) is 11.5 Å². The van der Waals surface area contributed by atoms with Gasteiger partial charge in [0.25, 0.3) is 11.6 Å². The lowest BCUT2D eigenvalue weighted by Crippen LogP contribution is -2.28. The number of rotatable bonds is 7. The minimum atomic E-state index is -0.503. The number of nitrogens with zero attached hydrogens (tertiary/aromatic N) is 1. The zero-order valence-corrected chi connectivity index (χ0v) is 13.4. The molecule has 7 nitrogen and oxygen atoms in total. The second-order valence-electron chi connectivity index (χ2n) is 5.01. The van der Waals surface area contributed by atoms with E-state index >= 15 is 0 Å². The molecule has 2 aromatic carbocycles. The first kappa shape index (κ1) is 17.3. The van der Waals surface area contributed by atoms with Crippen LogP contribution >= 0.6 is 0 Å². The monoisotopic (exact) mass is 330 g/mol. The Labute approximate surface area is 139 Å². The predicted molar refractivity (Wildman–Crippen MR) is 88.7 cm³/mol. The molecule has 0 radical (unpaired) electrons. The molecule has 0 aliphatic carbocycles. The molecule has 7 heteroatoms. The molecule has 126 valence electrons. The second kappa shape index (κ2) is 7.96. The molecule has 2 aromatic rings. The summed E-state index contributed by atoms with van der Waals surface area (Å²) >= 11 is 0. The molecule has 0 fully saturated rings. The average molecular weight is 330 g/mol. The van der Waals surface area contributed by atoms with Crippen molar-refractivity contribution >= 4 is 11.6 Å². The molecule has 0 aromatic heterocycles. The quantitative estimate of drug-likeness (QED) is 0.479. The molecule has 0 spiro atoms. The lowest BCUT2D eigenvalue weighted by atomic mass is 10.1. The van der Waals surface area contributed by atoms with Gasteiger partial charge in [-0.1, -0.05) is 18.2 Å². The van der Waals surface area contributed by atoms with Gasteiger partial charge in [-0.3, -0.25) is 14.9 Å². The summed E-state index contributed by atoms with van der Waals surface area (Å²) in [6.45, 7) is 2.14. The van der Waals surface area contributed by atoms with Gasteiger partial charge in [-0.2, -0.15) is 0 Å². The molecule has 0 atom stereocenters. The summed E-state index contributed by atoms with van der Waals surface area (Å²) in [5.41, 5.74) is 0.675. The molecule has 0 unspecified atom stereocenters. The van der Waals surface area contributed by atoms with Crippen molar-refractivity contribution in [3.63, 3.8) is 0 Å². The zero-order chi connectivity index (χ0) is 17.5. The fraction of sp³-hybridized carbons (Fsp3) is 0.235. The maximum Gasteiger partial charge on any atom is 0.273 e. The first-order valence-electron chi connectivity index (χ1n) is 7.32. The fourth-order valence-corrected chi connectivity index (χ4v) is 2.11. The lowest BCUT2D eigenvalue weighted by Gasteiger charge is -2.11. The number of nitro benzene ring substituents is 1. The highest BCUT2D eigenvalue weighted by Crippen LogP contribution is 2.25. The van der Waals surface area contributed by atoms with Gasteiger partial charge in [0.2, 0.25) is 0 Å². The van der Waals surface area contributed by atoms with Gasteiger partial charge in [0, 0.05) is 17.2 Å². The smallest absolute Gasteiger partial charge is 0.273 e. The maximum absolute atomic E-state index is 12.1. The van der Waals surface area contributed by atoms with E-state index < -0.39 is 4.92 Å². The molecule has 0 saturated carbocycles. The summed E-state index contributed by atoms with van der Waals surface area (Å²) < 4.78 is 10.7. The highest BCUT2D eigenvalue weighted by atomic mass is 16.6. The van der Waals surface area contributed by atoms with E-state index in [-0.39, 0.29) is 30.3 Å². The molecule has 0 saturated heterocycles. The number of benzene rings is 2. The average Bonchev–Trinajstić information content (AvgIpc) is 2.59. The molecule has 0 heterocycles. The number of aryl methyl sites for hydroxylation is 1. The van der Waals surface area contributed by atoms with Gasteiger partial charge >= 0.3 is 0 Å². The Bertz CT molecular complexity index is 746. The number of methoxy groups -OCH3 is 1. The molecule has 0 aliphatic heterocycles. The van der Waals surface area contributed by atoms with Crippen LogP contribution in [0.15, 0.2) is 42.5 Å². The predicted octanol–water partition coefficient (Wildman–Crippen LogP) is 2.72. The zero-order valence-electron chi connectivity index (χ0n) is 13.4.